The molecule has 0 saturated carbocycles. The topological polar surface area (TPSA) is 82.3 Å². The molecule has 0 unspecified atom stereocenters. The van der Waals surface area contributed by atoms with E-state index in [4.69, 9.17) is 15.3 Å². The summed E-state index contributed by atoms with van der Waals surface area (Å²) in [5, 5.41) is 0. The molecule has 0 atom stereocenters. The van der Waals surface area contributed by atoms with Crippen molar-refractivity contribution in [1.29, 1.82) is 0 Å². The summed E-state index contributed by atoms with van der Waals surface area (Å²) >= 11 is 3.42. The molecule has 0 amide bonds. The van der Waals surface area contributed by atoms with Crippen LogP contribution in [0.2, 0.25) is 0 Å². The van der Waals surface area contributed by atoms with E-state index in [0.29, 0.717) is 36.1 Å². The Kier molecular flexibility index (Phi) is 3.64. The third kappa shape index (κ3) is 2.52. The van der Waals surface area contributed by atoms with Crippen molar-refractivity contribution in [1.82, 2.24) is 9.97 Å². The van der Waals surface area contributed by atoms with E-state index < -0.39 is 5.82 Å². The fourth-order valence-corrected chi connectivity index (χ4v) is 2.58. The van der Waals surface area contributed by atoms with Crippen LogP contribution in [-0.4, -0.2) is 23.2 Å². The van der Waals surface area contributed by atoms with Crippen LogP contribution in [0.25, 0.3) is 11.4 Å². The molecule has 0 saturated heterocycles. The Balaban J connectivity index is 2.13. The number of nitrogens with one attached hydrogen (secondary N) is 1. The van der Waals surface area contributed by atoms with Gasteiger partial charge in [-0.25, -0.2) is 20.2 Å². The van der Waals surface area contributed by atoms with Gasteiger partial charge in [-0.3, -0.25) is 0 Å². The van der Waals surface area contributed by atoms with E-state index >= 15 is 0 Å². The van der Waals surface area contributed by atoms with Gasteiger partial charge < -0.3 is 14.9 Å². The van der Waals surface area contributed by atoms with Crippen molar-refractivity contribution in [2.24, 2.45) is 5.84 Å². The number of aromatic nitrogens is 2. The highest BCUT2D eigenvalue weighted by atomic mass is 79.9. The van der Waals surface area contributed by atoms with Crippen LogP contribution in [0.15, 0.2) is 16.6 Å². The zero-order valence-electron chi connectivity index (χ0n) is 11.1. The first-order chi connectivity index (χ1) is 10.1. The summed E-state index contributed by atoms with van der Waals surface area (Å²) in [5.41, 5.74) is 3.11. The molecule has 0 fully saturated rings. The Morgan fingerprint density at radius 1 is 1.29 bits per heavy atom. The number of nitrogens with two attached hydrogens (primary N) is 1. The highest BCUT2D eigenvalue weighted by Crippen LogP contribution is 2.40. The van der Waals surface area contributed by atoms with Crippen LogP contribution in [-0.2, 0) is 0 Å². The van der Waals surface area contributed by atoms with Crippen LogP contribution < -0.4 is 20.7 Å². The van der Waals surface area contributed by atoms with Crippen molar-refractivity contribution in [2.75, 3.05) is 18.6 Å². The zero-order valence-corrected chi connectivity index (χ0v) is 12.7. The fraction of sp³-hybridized carbons (Fsp3) is 0.231. The molecule has 3 rings (SSSR count). The third-order valence-electron chi connectivity index (χ3n) is 3.01. The number of anilines is 1. The number of hydrogen-bond acceptors (Lipinski definition) is 6. The van der Waals surface area contributed by atoms with E-state index in [1.165, 1.54) is 0 Å². The van der Waals surface area contributed by atoms with E-state index in [1.54, 1.807) is 19.1 Å². The van der Waals surface area contributed by atoms with E-state index in [9.17, 15) is 4.39 Å². The molecule has 1 aromatic carbocycles. The van der Waals surface area contributed by atoms with E-state index in [2.05, 4.69) is 31.3 Å². The number of aryl methyl sites for hydroxylation is 1. The highest BCUT2D eigenvalue weighted by Gasteiger charge is 2.19. The predicted molar refractivity (Wildman–Crippen MR) is 78.7 cm³/mol. The molecule has 3 N–H and O–H groups in total. The lowest BCUT2D eigenvalue weighted by Gasteiger charge is -2.20. The maximum atomic E-state index is 13.7. The molecule has 21 heavy (non-hydrogen) atoms. The second-order valence-electron chi connectivity index (χ2n) is 4.42. The van der Waals surface area contributed by atoms with Gasteiger partial charge in [-0.2, -0.15) is 0 Å². The number of nitrogen functional groups attached to an aromatic ring is 1. The molecule has 0 aliphatic carbocycles. The van der Waals surface area contributed by atoms with Crippen LogP contribution in [0.4, 0.5) is 10.2 Å². The molecule has 110 valence electrons. The second kappa shape index (κ2) is 5.45. The van der Waals surface area contributed by atoms with Gasteiger partial charge in [0.25, 0.3) is 0 Å². The average Bonchev–Trinajstić information content (AvgIpc) is 2.50. The lowest BCUT2D eigenvalue weighted by atomic mass is 10.1. The van der Waals surface area contributed by atoms with Crippen molar-refractivity contribution in [2.45, 2.75) is 6.92 Å². The van der Waals surface area contributed by atoms with Gasteiger partial charge in [0.15, 0.2) is 29.0 Å². The summed E-state index contributed by atoms with van der Waals surface area (Å²) in [7, 11) is 0. The first-order valence-electron chi connectivity index (χ1n) is 6.20. The molecule has 8 heteroatoms. The fourth-order valence-electron chi connectivity index (χ4n) is 2.02. The maximum Gasteiger partial charge on any atom is 0.187 e. The van der Waals surface area contributed by atoms with Crippen LogP contribution in [0.3, 0.4) is 0 Å². The number of rotatable bonds is 2. The zero-order chi connectivity index (χ0) is 15.0. The number of benzene rings is 1. The minimum Gasteiger partial charge on any atom is -0.486 e. The van der Waals surface area contributed by atoms with Crippen molar-refractivity contribution in [3.8, 4) is 22.9 Å². The Hall–Kier alpha value is -1.93. The molecule has 0 radical (unpaired) electrons. The molecule has 0 spiro atoms. The lowest BCUT2D eigenvalue weighted by Crippen LogP contribution is -2.16. The second-order valence-corrected chi connectivity index (χ2v) is 5.28. The molecule has 1 aliphatic rings. The smallest absolute Gasteiger partial charge is 0.187 e. The molecule has 1 aromatic heterocycles. The van der Waals surface area contributed by atoms with Gasteiger partial charge in [0.05, 0.1) is 10.2 Å². The number of halogens is 2. The summed E-state index contributed by atoms with van der Waals surface area (Å²) < 4.78 is 25.5. The average molecular weight is 355 g/mol. The maximum absolute atomic E-state index is 13.7. The summed E-state index contributed by atoms with van der Waals surface area (Å²) in [6, 6.07) is 3.55. The summed E-state index contributed by atoms with van der Waals surface area (Å²) in [6.07, 6.45) is 0. The van der Waals surface area contributed by atoms with Crippen LogP contribution >= 0.6 is 15.9 Å². The molecule has 6 nitrogen and oxygen atoms in total. The summed E-state index contributed by atoms with van der Waals surface area (Å²) in [4.78, 5) is 8.22. The number of ether oxygens (including phenoxy) is 2. The van der Waals surface area contributed by atoms with Gasteiger partial charge in [-0.15, -0.1) is 0 Å². The van der Waals surface area contributed by atoms with Gasteiger partial charge in [0, 0.05) is 5.56 Å². The van der Waals surface area contributed by atoms with E-state index in [0.717, 1.165) is 4.47 Å². The summed E-state index contributed by atoms with van der Waals surface area (Å²) in [6.45, 7) is 2.52. The molecule has 2 heterocycles. The molecular weight excluding hydrogens is 343 g/mol. The quantitative estimate of drug-likeness (QED) is 0.636. The Morgan fingerprint density at radius 2 is 2.05 bits per heavy atom. The highest BCUT2D eigenvalue weighted by molar-refractivity contribution is 9.10. The Bertz CT molecular complexity index is 711. The van der Waals surface area contributed by atoms with E-state index in [1.807, 2.05) is 0 Å². The predicted octanol–water partition coefficient (Wildman–Crippen LogP) is 2.41. The van der Waals surface area contributed by atoms with Crippen LogP contribution in [0.1, 0.15) is 5.69 Å². The largest absolute Gasteiger partial charge is 0.486 e. The number of hydrogen-bond donors (Lipinski definition) is 2. The van der Waals surface area contributed by atoms with Crippen LogP contribution in [0, 0.1) is 12.7 Å². The van der Waals surface area contributed by atoms with Crippen molar-refractivity contribution in [3.05, 3.63) is 28.1 Å². The minimum atomic E-state index is -0.571. The molecule has 0 bridgehead atoms. The number of hydrazine groups is 1. The van der Waals surface area contributed by atoms with Gasteiger partial charge in [0.1, 0.15) is 13.2 Å². The third-order valence-corrected chi connectivity index (χ3v) is 3.60. The standard InChI is InChI=1S/C13H12BrFN4O2/c1-6-10(15)13(19-16)18-12(17-6)7-4-8(14)11-9(5-7)20-2-3-21-11/h4-5H,2-3,16H2,1H3,(H,17,18,19). The van der Waals surface area contributed by atoms with Crippen molar-refractivity contribution >= 4 is 21.7 Å². The van der Waals surface area contributed by atoms with Gasteiger partial charge in [0.2, 0.25) is 0 Å². The number of fused-ring (bicyclic) bond motifs is 1. The van der Waals surface area contributed by atoms with Gasteiger partial charge >= 0.3 is 0 Å². The van der Waals surface area contributed by atoms with Gasteiger partial charge in [-0.1, -0.05) is 0 Å². The molecule has 2 aromatic rings. The summed E-state index contributed by atoms with van der Waals surface area (Å²) in [5.74, 6) is 6.23. The van der Waals surface area contributed by atoms with E-state index in [-0.39, 0.29) is 11.5 Å². The normalized spacial score (nSPS) is 13.1. The minimum absolute atomic E-state index is 0.0523. The SMILES string of the molecule is Cc1nc(-c2cc(Br)c3c(c2)OCCO3)nc(NN)c1F. The molecule has 1 aliphatic heterocycles. The first kappa shape index (κ1) is 14.0. The first-order valence-corrected chi connectivity index (χ1v) is 6.99. The monoisotopic (exact) mass is 354 g/mol. The van der Waals surface area contributed by atoms with Gasteiger partial charge in [-0.05, 0) is 35.0 Å². The Labute approximate surface area is 128 Å². The number of nitrogens with zero attached hydrogens (tertiary/aromatic N) is 2. The molecular formula is C13H12BrFN4O2. The lowest BCUT2D eigenvalue weighted by molar-refractivity contribution is 0.170. The Morgan fingerprint density at radius 3 is 2.81 bits per heavy atom. The van der Waals surface area contributed by atoms with Crippen molar-refractivity contribution in [3.63, 3.8) is 0 Å². The van der Waals surface area contributed by atoms with Crippen LogP contribution in [0.5, 0.6) is 11.5 Å². The van der Waals surface area contributed by atoms with Crippen molar-refractivity contribution < 1.29 is 13.9 Å².